The van der Waals surface area contributed by atoms with Gasteiger partial charge in [0.05, 0.1) is 13.7 Å². The second kappa shape index (κ2) is 7.09. The van der Waals surface area contributed by atoms with E-state index in [0.717, 1.165) is 25.7 Å². The minimum absolute atomic E-state index is 0.0381. The number of ether oxygens (including phenoxy) is 1. The van der Waals surface area contributed by atoms with Gasteiger partial charge in [-0.2, -0.15) is 0 Å². The van der Waals surface area contributed by atoms with Gasteiger partial charge in [-0.3, -0.25) is 19.3 Å². The first kappa shape index (κ1) is 17.2. The third-order valence-corrected chi connectivity index (χ3v) is 5.24. The molecule has 0 bridgehead atoms. The van der Waals surface area contributed by atoms with Gasteiger partial charge in [-0.15, -0.1) is 0 Å². The molecule has 3 rings (SSSR count). The molecule has 1 aliphatic heterocycles. The molecule has 0 aromatic rings. The molecule has 3 fully saturated rings. The zero-order valence-corrected chi connectivity index (χ0v) is 14.6. The third kappa shape index (κ3) is 3.88. The summed E-state index contributed by atoms with van der Waals surface area (Å²) in [7, 11) is 1.38. The van der Waals surface area contributed by atoms with Crippen LogP contribution in [-0.2, 0) is 19.1 Å². The highest BCUT2D eigenvalue weighted by Crippen LogP contribution is 2.31. The van der Waals surface area contributed by atoms with E-state index < -0.39 is 6.04 Å². The average Bonchev–Trinajstić information content (AvgIpc) is 3.49. The summed E-state index contributed by atoms with van der Waals surface area (Å²) in [6.07, 6.45) is 4.08. The lowest BCUT2D eigenvalue weighted by Gasteiger charge is -2.36. The van der Waals surface area contributed by atoms with Gasteiger partial charge in [-0.05, 0) is 32.6 Å². The molecule has 2 amide bonds. The Labute approximate surface area is 142 Å². The number of esters is 1. The molecule has 1 atom stereocenters. The first-order valence-corrected chi connectivity index (χ1v) is 8.91. The van der Waals surface area contributed by atoms with Crippen molar-refractivity contribution >= 4 is 17.8 Å². The van der Waals surface area contributed by atoms with Gasteiger partial charge in [0, 0.05) is 38.1 Å². The van der Waals surface area contributed by atoms with Crippen LogP contribution in [-0.4, -0.2) is 84.4 Å². The van der Waals surface area contributed by atoms with Crippen LogP contribution in [0.15, 0.2) is 0 Å². The van der Waals surface area contributed by atoms with Gasteiger partial charge in [0.15, 0.2) is 0 Å². The molecule has 0 spiro atoms. The molecule has 7 heteroatoms. The lowest BCUT2D eigenvalue weighted by atomic mass is 10.2. The Kier molecular flexibility index (Phi) is 5.08. The summed E-state index contributed by atoms with van der Waals surface area (Å²) in [6, 6.07) is -0.0926. The summed E-state index contributed by atoms with van der Waals surface area (Å²) in [4.78, 5) is 42.1. The third-order valence-electron chi connectivity index (χ3n) is 5.24. The van der Waals surface area contributed by atoms with Gasteiger partial charge in [0.2, 0.25) is 11.8 Å². The monoisotopic (exact) mass is 337 g/mol. The van der Waals surface area contributed by atoms with Crippen LogP contribution >= 0.6 is 0 Å². The van der Waals surface area contributed by atoms with Gasteiger partial charge < -0.3 is 14.5 Å². The van der Waals surface area contributed by atoms with Gasteiger partial charge >= 0.3 is 5.97 Å². The summed E-state index contributed by atoms with van der Waals surface area (Å²) in [5.41, 5.74) is 0. The van der Waals surface area contributed by atoms with Crippen molar-refractivity contribution in [2.45, 2.75) is 44.7 Å². The molecule has 2 aliphatic carbocycles. The second-order valence-corrected chi connectivity index (χ2v) is 7.08. The predicted molar refractivity (Wildman–Crippen MR) is 87.1 cm³/mol. The number of carbonyl (C=O) groups excluding carboxylic acids is 3. The van der Waals surface area contributed by atoms with E-state index in [-0.39, 0.29) is 30.2 Å². The first-order valence-electron chi connectivity index (χ1n) is 8.91. The van der Waals surface area contributed by atoms with Gasteiger partial charge in [0.1, 0.15) is 6.04 Å². The quantitative estimate of drug-likeness (QED) is 0.643. The second-order valence-electron chi connectivity index (χ2n) is 7.08. The number of hydrogen-bond donors (Lipinski definition) is 0. The van der Waals surface area contributed by atoms with Crippen molar-refractivity contribution in [3.8, 4) is 0 Å². The Morgan fingerprint density at radius 3 is 2.12 bits per heavy atom. The van der Waals surface area contributed by atoms with Gasteiger partial charge in [-0.1, -0.05) is 0 Å². The number of hydrogen-bond acceptors (Lipinski definition) is 5. The Hall–Kier alpha value is -1.63. The van der Waals surface area contributed by atoms with Gasteiger partial charge in [-0.25, -0.2) is 0 Å². The number of carbonyl (C=O) groups is 3. The molecule has 2 saturated carbocycles. The highest BCUT2D eigenvalue weighted by molar-refractivity contribution is 5.83. The normalized spacial score (nSPS) is 22.5. The van der Waals surface area contributed by atoms with Crippen LogP contribution in [0.5, 0.6) is 0 Å². The smallest absolute Gasteiger partial charge is 0.322 e. The number of piperazine rings is 1. The summed E-state index contributed by atoms with van der Waals surface area (Å²) in [5, 5.41) is 0. The first-order chi connectivity index (χ1) is 11.5. The van der Waals surface area contributed by atoms with Crippen molar-refractivity contribution in [3.63, 3.8) is 0 Å². The zero-order chi connectivity index (χ0) is 17.3. The minimum atomic E-state index is -0.399. The van der Waals surface area contributed by atoms with E-state index in [9.17, 15) is 14.4 Å². The van der Waals surface area contributed by atoms with E-state index in [4.69, 9.17) is 4.74 Å². The van der Waals surface area contributed by atoms with E-state index in [1.165, 1.54) is 7.11 Å². The molecule has 0 aromatic carbocycles. The molecule has 0 unspecified atom stereocenters. The molecule has 7 nitrogen and oxygen atoms in total. The van der Waals surface area contributed by atoms with Crippen molar-refractivity contribution in [2.24, 2.45) is 5.92 Å². The highest BCUT2D eigenvalue weighted by Gasteiger charge is 2.38. The summed E-state index contributed by atoms with van der Waals surface area (Å²) in [5.74, 6) is 0.227. The van der Waals surface area contributed by atoms with E-state index in [1.807, 2.05) is 14.7 Å². The fraction of sp³-hybridized carbons (Fsp3) is 0.824. The van der Waals surface area contributed by atoms with Crippen LogP contribution in [0.4, 0.5) is 0 Å². The molecule has 1 saturated heterocycles. The van der Waals surface area contributed by atoms with E-state index in [1.54, 1.807) is 6.92 Å². The Morgan fingerprint density at radius 1 is 1.04 bits per heavy atom. The molecule has 1 heterocycles. The summed E-state index contributed by atoms with van der Waals surface area (Å²) in [6.45, 7) is 4.46. The molecule has 3 aliphatic rings. The molecule has 0 radical (unpaired) electrons. The summed E-state index contributed by atoms with van der Waals surface area (Å²) >= 11 is 0. The van der Waals surface area contributed by atoms with Crippen LogP contribution < -0.4 is 0 Å². The van der Waals surface area contributed by atoms with E-state index >= 15 is 0 Å². The number of methoxy groups -OCH3 is 1. The summed E-state index contributed by atoms with van der Waals surface area (Å²) < 4.78 is 4.82. The number of nitrogens with zero attached hydrogens (tertiary/aromatic N) is 3. The van der Waals surface area contributed by atoms with Crippen LogP contribution in [0.3, 0.4) is 0 Å². The van der Waals surface area contributed by atoms with Crippen LogP contribution in [0.1, 0.15) is 32.6 Å². The molecule has 24 heavy (non-hydrogen) atoms. The van der Waals surface area contributed by atoms with E-state index in [0.29, 0.717) is 32.2 Å². The largest absolute Gasteiger partial charge is 0.468 e. The van der Waals surface area contributed by atoms with Crippen molar-refractivity contribution in [3.05, 3.63) is 0 Å². The predicted octanol–water partition coefficient (Wildman–Crippen LogP) is 0.0931. The molecule has 134 valence electrons. The Bertz CT molecular complexity index is 508. The molecular weight excluding hydrogens is 310 g/mol. The maximum Gasteiger partial charge on any atom is 0.322 e. The number of rotatable bonds is 6. The van der Waals surface area contributed by atoms with Crippen LogP contribution in [0.2, 0.25) is 0 Å². The Balaban J connectivity index is 1.50. The van der Waals surface area contributed by atoms with Crippen LogP contribution in [0, 0.1) is 5.92 Å². The Morgan fingerprint density at radius 2 is 1.62 bits per heavy atom. The maximum atomic E-state index is 12.6. The fourth-order valence-electron chi connectivity index (χ4n) is 3.32. The molecule has 0 aromatic heterocycles. The lowest BCUT2D eigenvalue weighted by molar-refractivity contribution is -0.148. The van der Waals surface area contributed by atoms with Crippen molar-refractivity contribution in [1.82, 2.24) is 14.7 Å². The number of amides is 2. The standard InChI is InChI=1S/C17H27N3O4/c1-12(17(23)24-2)20(14-5-6-14)11-15(21)18-7-9-19(10-8-18)16(22)13-3-4-13/h12-14H,3-11H2,1-2H3/t12-/m0/s1. The van der Waals surface area contributed by atoms with E-state index in [2.05, 4.69) is 0 Å². The maximum absolute atomic E-state index is 12.6. The van der Waals surface area contributed by atoms with Crippen molar-refractivity contribution in [2.75, 3.05) is 39.8 Å². The molecule has 0 N–H and O–H groups in total. The SMILES string of the molecule is COC(=O)[C@H](C)N(CC(=O)N1CCN(C(=O)C2CC2)CC1)C1CC1. The zero-order valence-electron chi connectivity index (χ0n) is 14.6. The highest BCUT2D eigenvalue weighted by atomic mass is 16.5. The van der Waals surface area contributed by atoms with Crippen molar-refractivity contribution in [1.29, 1.82) is 0 Å². The van der Waals surface area contributed by atoms with Crippen LogP contribution in [0.25, 0.3) is 0 Å². The van der Waals surface area contributed by atoms with Gasteiger partial charge in [0.25, 0.3) is 0 Å². The molecular formula is C17H27N3O4. The fourth-order valence-corrected chi connectivity index (χ4v) is 3.32. The van der Waals surface area contributed by atoms with Crippen molar-refractivity contribution < 1.29 is 19.1 Å². The topological polar surface area (TPSA) is 70.2 Å². The lowest BCUT2D eigenvalue weighted by Crippen LogP contribution is -2.54. The minimum Gasteiger partial charge on any atom is -0.468 e. The average molecular weight is 337 g/mol.